The van der Waals surface area contributed by atoms with E-state index in [1.807, 2.05) is 0 Å². The molecule has 0 saturated carbocycles. The molecular formula is C8H15O5P. The van der Waals surface area contributed by atoms with Crippen LogP contribution in [0.2, 0.25) is 0 Å². The topological polar surface area (TPSA) is 61.8 Å². The number of ether oxygens (including phenoxy) is 1. The van der Waals surface area contributed by atoms with Gasteiger partial charge in [0.05, 0.1) is 19.8 Å². The Morgan fingerprint density at radius 1 is 1.36 bits per heavy atom. The van der Waals surface area contributed by atoms with Crippen molar-refractivity contribution in [3.05, 3.63) is 12.7 Å². The van der Waals surface area contributed by atoms with Crippen molar-refractivity contribution in [3.63, 3.8) is 0 Å². The van der Waals surface area contributed by atoms with E-state index in [-0.39, 0.29) is 19.8 Å². The van der Waals surface area contributed by atoms with Crippen LogP contribution in [0.3, 0.4) is 0 Å². The van der Waals surface area contributed by atoms with Crippen molar-refractivity contribution in [2.45, 2.75) is 13.8 Å². The molecule has 0 aromatic rings. The predicted molar refractivity (Wildman–Crippen MR) is 52.4 cm³/mol. The van der Waals surface area contributed by atoms with Crippen molar-refractivity contribution in [2.24, 2.45) is 0 Å². The van der Waals surface area contributed by atoms with Crippen LogP contribution in [0.5, 0.6) is 0 Å². The molecule has 0 amide bonds. The smallest absolute Gasteiger partial charge is 0.438 e. The van der Waals surface area contributed by atoms with E-state index in [9.17, 15) is 9.36 Å². The van der Waals surface area contributed by atoms with Crippen molar-refractivity contribution in [1.82, 2.24) is 0 Å². The lowest BCUT2D eigenvalue weighted by Crippen LogP contribution is -2.09. The van der Waals surface area contributed by atoms with Gasteiger partial charge in [-0.2, -0.15) is 0 Å². The van der Waals surface area contributed by atoms with E-state index < -0.39 is 13.3 Å². The fourth-order valence-electron chi connectivity index (χ4n) is 0.666. The van der Waals surface area contributed by atoms with E-state index in [1.54, 1.807) is 13.8 Å². The summed E-state index contributed by atoms with van der Waals surface area (Å²) in [6.07, 6.45) is 1.38. The Morgan fingerprint density at radius 2 is 2.00 bits per heavy atom. The van der Waals surface area contributed by atoms with Gasteiger partial charge in [0.2, 0.25) is 0 Å². The van der Waals surface area contributed by atoms with Crippen molar-refractivity contribution in [2.75, 3.05) is 19.8 Å². The first-order valence-electron chi connectivity index (χ1n) is 4.28. The molecule has 5 nitrogen and oxygen atoms in total. The second-order valence-electron chi connectivity index (χ2n) is 2.20. The largest absolute Gasteiger partial charge is 0.457 e. The Kier molecular flexibility index (Phi) is 6.45. The molecule has 0 N–H and O–H groups in total. The van der Waals surface area contributed by atoms with Gasteiger partial charge in [0.1, 0.15) is 0 Å². The molecule has 0 aromatic carbocycles. The second kappa shape index (κ2) is 6.76. The Bertz CT molecular complexity index is 238. The van der Waals surface area contributed by atoms with Gasteiger partial charge in [-0.25, -0.2) is 9.36 Å². The van der Waals surface area contributed by atoms with Crippen LogP contribution in [0.4, 0.5) is 4.79 Å². The number of carbonyl (C=O) groups excluding carboxylic acids is 1. The third-order valence-corrected chi connectivity index (χ3v) is 2.82. The SMILES string of the molecule is C=CCOP(=O)(OCC)C(=O)OCC. The molecule has 0 fully saturated rings. The molecule has 1 unspecified atom stereocenters. The molecule has 6 heteroatoms. The number of rotatable bonds is 7. The summed E-state index contributed by atoms with van der Waals surface area (Å²) >= 11 is 0. The maximum absolute atomic E-state index is 11.7. The summed E-state index contributed by atoms with van der Waals surface area (Å²) in [5, 5.41) is 0. The lowest BCUT2D eigenvalue weighted by atomic mass is 10.7. The van der Waals surface area contributed by atoms with Gasteiger partial charge < -0.3 is 9.26 Å². The summed E-state index contributed by atoms with van der Waals surface area (Å²) in [7, 11) is -3.78. The number of hydrogen-bond donors (Lipinski definition) is 0. The summed E-state index contributed by atoms with van der Waals surface area (Å²) in [5.74, 6) is 0. The minimum absolute atomic E-state index is 0.0178. The molecule has 82 valence electrons. The highest BCUT2D eigenvalue weighted by atomic mass is 31.2. The maximum Gasteiger partial charge on any atom is 0.438 e. The van der Waals surface area contributed by atoms with Crippen LogP contribution >= 0.6 is 7.60 Å². The molecule has 0 aliphatic rings. The van der Waals surface area contributed by atoms with E-state index in [1.165, 1.54) is 6.08 Å². The van der Waals surface area contributed by atoms with Gasteiger partial charge in [-0.15, -0.1) is 6.58 Å². The van der Waals surface area contributed by atoms with Gasteiger partial charge in [-0.3, -0.25) is 4.52 Å². The molecule has 0 radical (unpaired) electrons. The molecule has 0 rings (SSSR count). The standard InChI is InChI=1S/C8H15O5P/c1-4-7-13-14(10,12-6-3)8(9)11-5-2/h4H,1,5-7H2,2-3H3. The van der Waals surface area contributed by atoms with Crippen molar-refractivity contribution < 1.29 is 23.1 Å². The van der Waals surface area contributed by atoms with Gasteiger partial charge in [-0.1, -0.05) is 6.08 Å². The molecule has 0 bridgehead atoms. The highest BCUT2D eigenvalue weighted by Gasteiger charge is 2.36. The lowest BCUT2D eigenvalue weighted by Gasteiger charge is -2.14. The lowest BCUT2D eigenvalue weighted by molar-refractivity contribution is 0.155. The minimum Gasteiger partial charge on any atom is -0.457 e. The van der Waals surface area contributed by atoms with Crippen LogP contribution in [0, 0.1) is 0 Å². The molecule has 0 saturated heterocycles. The molecule has 14 heavy (non-hydrogen) atoms. The Morgan fingerprint density at radius 3 is 2.43 bits per heavy atom. The first kappa shape index (κ1) is 13.4. The number of carbonyl (C=O) groups is 1. The summed E-state index contributed by atoms with van der Waals surface area (Å²) < 4.78 is 25.8. The van der Waals surface area contributed by atoms with Gasteiger partial charge in [-0.05, 0) is 13.8 Å². The first-order chi connectivity index (χ1) is 6.60. The number of hydrogen-bond acceptors (Lipinski definition) is 5. The average molecular weight is 222 g/mol. The predicted octanol–water partition coefficient (Wildman–Crippen LogP) is 2.58. The van der Waals surface area contributed by atoms with E-state index >= 15 is 0 Å². The van der Waals surface area contributed by atoms with E-state index in [2.05, 4.69) is 11.3 Å². The Hall–Kier alpha value is -0.640. The fourth-order valence-corrected chi connectivity index (χ4v) is 1.88. The highest BCUT2D eigenvalue weighted by Crippen LogP contribution is 2.49. The monoisotopic (exact) mass is 222 g/mol. The Labute approximate surface area is 83.6 Å². The van der Waals surface area contributed by atoms with Crippen molar-refractivity contribution in [3.8, 4) is 0 Å². The highest BCUT2D eigenvalue weighted by molar-refractivity contribution is 7.71. The minimum atomic E-state index is -3.78. The van der Waals surface area contributed by atoms with Crippen LogP contribution in [0.25, 0.3) is 0 Å². The van der Waals surface area contributed by atoms with Crippen molar-refractivity contribution in [1.29, 1.82) is 0 Å². The van der Waals surface area contributed by atoms with Crippen LogP contribution in [0.15, 0.2) is 12.7 Å². The third kappa shape index (κ3) is 4.05. The molecule has 0 aromatic heterocycles. The molecule has 0 aliphatic heterocycles. The van der Waals surface area contributed by atoms with Gasteiger partial charge in [0, 0.05) is 0 Å². The third-order valence-electron chi connectivity index (χ3n) is 1.15. The molecule has 0 aliphatic carbocycles. The summed E-state index contributed by atoms with van der Waals surface area (Å²) in [4.78, 5) is 11.2. The van der Waals surface area contributed by atoms with Gasteiger partial charge in [0.25, 0.3) is 0 Å². The van der Waals surface area contributed by atoms with Crippen LogP contribution in [-0.4, -0.2) is 25.5 Å². The fraction of sp³-hybridized carbons (Fsp3) is 0.625. The molecule has 0 spiro atoms. The van der Waals surface area contributed by atoms with Crippen LogP contribution < -0.4 is 0 Å². The van der Waals surface area contributed by atoms with E-state index in [4.69, 9.17) is 9.05 Å². The van der Waals surface area contributed by atoms with Gasteiger partial charge in [0.15, 0.2) is 0 Å². The first-order valence-corrected chi connectivity index (χ1v) is 5.82. The zero-order chi connectivity index (χ0) is 11.0. The summed E-state index contributed by atoms with van der Waals surface area (Å²) in [6.45, 7) is 6.84. The van der Waals surface area contributed by atoms with Crippen molar-refractivity contribution >= 4 is 13.3 Å². The van der Waals surface area contributed by atoms with Crippen LogP contribution in [-0.2, 0) is 18.3 Å². The van der Waals surface area contributed by atoms with Crippen LogP contribution in [0.1, 0.15) is 13.8 Å². The summed E-state index contributed by atoms with van der Waals surface area (Å²) in [6, 6.07) is 0. The van der Waals surface area contributed by atoms with E-state index in [0.717, 1.165) is 0 Å². The maximum atomic E-state index is 11.7. The van der Waals surface area contributed by atoms with Gasteiger partial charge >= 0.3 is 13.3 Å². The summed E-state index contributed by atoms with van der Waals surface area (Å²) in [5.41, 5.74) is -0.955. The zero-order valence-electron chi connectivity index (χ0n) is 8.39. The Balaban J connectivity index is 4.44. The van der Waals surface area contributed by atoms with E-state index in [0.29, 0.717) is 0 Å². The average Bonchev–Trinajstić information content (AvgIpc) is 2.15. The molecule has 0 heterocycles. The zero-order valence-corrected chi connectivity index (χ0v) is 9.29. The normalized spacial score (nSPS) is 14.4. The molecular weight excluding hydrogens is 207 g/mol. The quantitative estimate of drug-likeness (QED) is 0.489. The second-order valence-corrected chi connectivity index (χ2v) is 4.08. The molecule has 1 atom stereocenters.